The lowest BCUT2D eigenvalue weighted by atomic mass is 10.1. The number of fused-ring (bicyclic) bond motifs is 1. The fourth-order valence-electron chi connectivity index (χ4n) is 3.39. The first-order valence-electron chi connectivity index (χ1n) is 9.96. The molecule has 4 rings (SSSR count). The fraction of sp³-hybridized carbons (Fsp3) is 0.304. The zero-order valence-corrected chi connectivity index (χ0v) is 18.4. The standard InChI is InChI=1S/C23H24N4O2S/c1-14(2)11-21-25-20(26-29-21)13-30-23-24-18-8-6-5-7-17(18)22(28)27(23)19-10-9-15(3)12-16(19)4/h5-10,12,14H,11,13H2,1-4H3. The average Bonchev–Trinajstić information content (AvgIpc) is 3.14. The number of rotatable bonds is 6. The van der Waals surface area contributed by atoms with E-state index in [-0.39, 0.29) is 5.56 Å². The molecule has 2 heterocycles. The van der Waals surface area contributed by atoms with Crippen molar-refractivity contribution in [2.24, 2.45) is 5.92 Å². The summed E-state index contributed by atoms with van der Waals surface area (Å²) in [6.45, 7) is 8.27. The highest BCUT2D eigenvalue weighted by Crippen LogP contribution is 2.25. The Labute approximate surface area is 179 Å². The van der Waals surface area contributed by atoms with Crippen LogP contribution in [-0.4, -0.2) is 19.7 Å². The molecule has 0 spiro atoms. The Morgan fingerprint density at radius 1 is 1.10 bits per heavy atom. The Bertz CT molecular complexity index is 1260. The molecule has 7 heteroatoms. The molecule has 0 bridgehead atoms. The molecule has 2 aromatic carbocycles. The third kappa shape index (κ3) is 4.16. The van der Waals surface area contributed by atoms with Gasteiger partial charge in [-0.1, -0.05) is 60.6 Å². The first-order chi connectivity index (χ1) is 14.4. The molecule has 154 valence electrons. The van der Waals surface area contributed by atoms with Crippen LogP contribution >= 0.6 is 11.8 Å². The summed E-state index contributed by atoms with van der Waals surface area (Å²) in [4.78, 5) is 22.6. The Balaban J connectivity index is 1.76. The highest BCUT2D eigenvalue weighted by atomic mass is 32.2. The van der Waals surface area contributed by atoms with Crippen LogP contribution in [-0.2, 0) is 12.2 Å². The van der Waals surface area contributed by atoms with Crippen LogP contribution in [0.1, 0.15) is 36.7 Å². The van der Waals surface area contributed by atoms with E-state index in [0.29, 0.717) is 39.4 Å². The zero-order chi connectivity index (χ0) is 21.3. The number of benzene rings is 2. The van der Waals surface area contributed by atoms with Crippen molar-refractivity contribution >= 4 is 22.7 Å². The topological polar surface area (TPSA) is 73.8 Å². The van der Waals surface area contributed by atoms with Crippen LogP contribution in [0.5, 0.6) is 0 Å². The lowest BCUT2D eigenvalue weighted by Crippen LogP contribution is -2.22. The smallest absolute Gasteiger partial charge is 0.266 e. The Hall–Kier alpha value is -2.93. The van der Waals surface area contributed by atoms with E-state index in [9.17, 15) is 4.79 Å². The monoisotopic (exact) mass is 420 g/mol. The molecule has 4 aromatic rings. The van der Waals surface area contributed by atoms with Crippen LogP contribution in [0.3, 0.4) is 0 Å². The van der Waals surface area contributed by atoms with Gasteiger partial charge in [0, 0.05) is 6.42 Å². The molecular formula is C23H24N4O2S. The second kappa shape index (κ2) is 8.44. The van der Waals surface area contributed by atoms with Crippen molar-refractivity contribution < 1.29 is 4.52 Å². The summed E-state index contributed by atoms with van der Waals surface area (Å²) in [6, 6.07) is 13.5. The predicted octanol–water partition coefficient (Wildman–Crippen LogP) is 4.88. The summed E-state index contributed by atoms with van der Waals surface area (Å²) in [5.41, 5.74) is 3.61. The third-order valence-electron chi connectivity index (χ3n) is 4.76. The molecule has 0 radical (unpaired) electrons. The van der Waals surface area contributed by atoms with Crippen molar-refractivity contribution in [3.63, 3.8) is 0 Å². The molecule has 2 aromatic heterocycles. The van der Waals surface area contributed by atoms with E-state index in [1.54, 1.807) is 4.57 Å². The summed E-state index contributed by atoms with van der Waals surface area (Å²) in [7, 11) is 0. The predicted molar refractivity (Wildman–Crippen MR) is 119 cm³/mol. The van der Waals surface area contributed by atoms with Crippen LogP contribution in [0.15, 0.2) is 56.9 Å². The quantitative estimate of drug-likeness (QED) is 0.327. The number of thioether (sulfide) groups is 1. The van der Waals surface area contributed by atoms with Crippen molar-refractivity contribution in [1.82, 2.24) is 19.7 Å². The largest absolute Gasteiger partial charge is 0.339 e. The number of nitrogens with zero attached hydrogens (tertiary/aromatic N) is 4. The van der Waals surface area contributed by atoms with Crippen LogP contribution in [0.25, 0.3) is 16.6 Å². The third-order valence-corrected chi connectivity index (χ3v) is 5.70. The van der Waals surface area contributed by atoms with Gasteiger partial charge in [0.25, 0.3) is 5.56 Å². The SMILES string of the molecule is Cc1ccc(-n2c(SCc3noc(CC(C)C)n3)nc3ccccc3c2=O)c(C)c1. The Kier molecular flexibility index (Phi) is 5.72. The van der Waals surface area contributed by atoms with Crippen molar-refractivity contribution in [2.45, 2.75) is 45.0 Å². The summed E-state index contributed by atoms with van der Waals surface area (Å²) in [6.07, 6.45) is 0.749. The van der Waals surface area contributed by atoms with Crippen molar-refractivity contribution in [1.29, 1.82) is 0 Å². The number of aryl methyl sites for hydroxylation is 2. The molecule has 0 aliphatic carbocycles. The van der Waals surface area contributed by atoms with E-state index in [1.807, 2.05) is 50.2 Å². The van der Waals surface area contributed by atoms with Gasteiger partial charge in [-0.2, -0.15) is 4.98 Å². The summed E-state index contributed by atoms with van der Waals surface area (Å²) in [5, 5.41) is 5.29. The highest BCUT2D eigenvalue weighted by Gasteiger charge is 2.16. The molecule has 0 aliphatic heterocycles. The van der Waals surface area contributed by atoms with E-state index in [1.165, 1.54) is 11.8 Å². The number of para-hydroxylation sites is 1. The van der Waals surface area contributed by atoms with Crippen LogP contribution in [0, 0.1) is 19.8 Å². The maximum atomic E-state index is 13.4. The van der Waals surface area contributed by atoms with Crippen LogP contribution in [0.2, 0.25) is 0 Å². The highest BCUT2D eigenvalue weighted by molar-refractivity contribution is 7.98. The Morgan fingerprint density at radius 2 is 1.90 bits per heavy atom. The van der Waals surface area contributed by atoms with Crippen LogP contribution < -0.4 is 5.56 Å². The summed E-state index contributed by atoms with van der Waals surface area (Å²) >= 11 is 1.44. The maximum Gasteiger partial charge on any atom is 0.266 e. The van der Waals surface area contributed by atoms with Gasteiger partial charge >= 0.3 is 0 Å². The molecular weight excluding hydrogens is 396 g/mol. The first-order valence-corrected chi connectivity index (χ1v) is 10.9. The Morgan fingerprint density at radius 3 is 2.67 bits per heavy atom. The van der Waals surface area contributed by atoms with Gasteiger partial charge in [-0.05, 0) is 43.5 Å². The van der Waals surface area contributed by atoms with E-state index in [0.717, 1.165) is 23.2 Å². The minimum Gasteiger partial charge on any atom is -0.339 e. The van der Waals surface area contributed by atoms with E-state index in [4.69, 9.17) is 9.51 Å². The van der Waals surface area contributed by atoms with Crippen LogP contribution in [0.4, 0.5) is 0 Å². The summed E-state index contributed by atoms with van der Waals surface area (Å²) in [5.74, 6) is 2.16. The molecule has 0 saturated heterocycles. The molecule has 0 amide bonds. The zero-order valence-electron chi connectivity index (χ0n) is 17.5. The van der Waals surface area contributed by atoms with Crippen molar-refractivity contribution in [2.75, 3.05) is 0 Å². The van der Waals surface area contributed by atoms with E-state index < -0.39 is 0 Å². The van der Waals surface area contributed by atoms with Crippen molar-refractivity contribution in [3.8, 4) is 5.69 Å². The molecule has 0 saturated carbocycles. The minimum absolute atomic E-state index is 0.0799. The number of hydrogen-bond acceptors (Lipinski definition) is 6. The molecule has 0 unspecified atom stereocenters. The minimum atomic E-state index is -0.0799. The van der Waals surface area contributed by atoms with Gasteiger partial charge in [0.2, 0.25) is 5.89 Å². The van der Waals surface area contributed by atoms with Crippen molar-refractivity contribution in [3.05, 3.63) is 75.7 Å². The van der Waals surface area contributed by atoms with E-state index >= 15 is 0 Å². The lowest BCUT2D eigenvalue weighted by Gasteiger charge is -2.15. The first kappa shape index (κ1) is 20.3. The molecule has 0 aliphatic rings. The molecule has 30 heavy (non-hydrogen) atoms. The van der Waals surface area contributed by atoms with Gasteiger partial charge < -0.3 is 4.52 Å². The maximum absolute atomic E-state index is 13.4. The fourth-order valence-corrected chi connectivity index (χ4v) is 4.24. The normalized spacial score (nSPS) is 11.5. The molecule has 0 fully saturated rings. The van der Waals surface area contributed by atoms with Gasteiger partial charge in [0.15, 0.2) is 11.0 Å². The summed E-state index contributed by atoms with van der Waals surface area (Å²) < 4.78 is 7.03. The molecule has 0 N–H and O–H groups in total. The van der Waals surface area contributed by atoms with Gasteiger partial charge in [-0.3, -0.25) is 9.36 Å². The molecule has 0 atom stereocenters. The van der Waals surface area contributed by atoms with Gasteiger partial charge in [0.05, 0.1) is 22.3 Å². The van der Waals surface area contributed by atoms with E-state index in [2.05, 4.69) is 30.1 Å². The second-order valence-electron chi connectivity index (χ2n) is 7.83. The molecule has 6 nitrogen and oxygen atoms in total. The number of aromatic nitrogens is 4. The number of hydrogen-bond donors (Lipinski definition) is 0. The average molecular weight is 421 g/mol. The van der Waals surface area contributed by atoms with Gasteiger partial charge in [-0.25, -0.2) is 4.98 Å². The lowest BCUT2D eigenvalue weighted by molar-refractivity contribution is 0.360. The second-order valence-corrected chi connectivity index (χ2v) is 8.78. The van der Waals surface area contributed by atoms with Gasteiger partial charge in [0.1, 0.15) is 0 Å². The van der Waals surface area contributed by atoms with Gasteiger partial charge in [-0.15, -0.1) is 0 Å².